The molecule has 164 valence electrons. The number of methoxy groups -OCH3 is 1. The number of nitrogens with one attached hydrogen (secondary N) is 1. The lowest BCUT2D eigenvalue weighted by atomic mass is 10.2. The first-order valence-electron chi connectivity index (χ1n) is 9.90. The summed E-state index contributed by atoms with van der Waals surface area (Å²) in [5.41, 5.74) is 1.42. The van der Waals surface area contributed by atoms with E-state index in [0.717, 1.165) is 17.1 Å². The molecule has 0 aliphatic heterocycles. The highest BCUT2D eigenvalue weighted by Crippen LogP contribution is 2.28. The largest absolute Gasteiger partial charge is 0.497 e. The van der Waals surface area contributed by atoms with Crippen molar-refractivity contribution >= 4 is 23.4 Å². The highest BCUT2D eigenvalue weighted by Gasteiger charge is 2.17. The summed E-state index contributed by atoms with van der Waals surface area (Å²) < 4.78 is 25.8. The zero-order chi connectivity index (χ0) is 22.3. The number of aromatic nitrogens is 3. The van der Waals surface area contributed by atoms with E-state index in [2.05, 4.69) is 15.5 Å². The van der Waals surface area contributed by atoms with Crippen LogP contribution in [-0.4, -0.2) is 33.5 Å². The van der Waals surface area contributed by atoms with Gasteiger partial charge in [0, 0.05) is 23.4 Å². The van der Waals surface area contributed by atoms with E-state index < -0.39 is 0 Å². The average Bonchev–Trinajstić information content (AvgIpc) is 3.46. The van der Waals surface area contributed by atoms with E-state index in [1.54, 1.807) is 13.4 Å². The third-order valence-electron chi connectivity index (χ3n) is 4.63. The van der Waals surface area contributed by atoms with E-state index >= 15 is 0 Å². The molecule has 0 atom stereocenters. The normalized spacial score (nSPS) is 10.8. The molecule has 1 N–H and O–H groups in total. The highest BCUT2D eigenvalue weighted by molar-refractivity contribution is 7.99. The molecular weight excluding hydrogens is 431 g/mol. The summed E-state index contributed by atoms with van der Waals surface area (Å²) >= 11 is 1.43. The third-order valence-corrected chi connectivity index (χ3v) is 5.60. The molecule has 0 saturated carbocycles. The standard InChI is InChI=1S/C23H21FN4O3S/c1-30-19-5-2-4-16(14-19)22-26-27-23(28(22)15-20-6-3-12-31-20)32-13-11-21(29)25-18-9-7-17(24)8-10-18/h2-10,12,14H,11,13,15H2,1H3,(H,25,29). The number of ether oxygens (including phenoxy) is 1. The lowest BCUT2D eigenvalue weighted by molar-refractivity contribution is -0.115. The average molecular weight is 453 g/mol. The van der Waals surface area contributed by atoms with E-state index in [1.165, 1.54) is 36.0 Å². The Bertz CT molecular complexity index is 1180. The fraction of sp³-hybridized carbons (Fsp3) is 0.174. The lowest BCUT2D eigenvalue weighted by Gasteiger charge is -2.10. The Kier molecular flexibility index (Phi) is 6.86. The molecule has 0 unspecified atom stereocenters. The van der Waals surface area contributed by atoms with E-state index in [9.17, 15) is 9.18 Å². The molecule has 4 rings (SSSR count). The molecule has 4 aromatic rings. The fourth-order valence-electron chi connectivity index (χ4n) is 3.06. The van der Waals surface area contributed by atoms with Crippen LogP contribution in [0.3, 0.4) is 0 Å². The summed E-state index contributed by atoms with van der Waals surface area (Å²) in [6.45, 7) is 0.455. The van der Waals surface area contributed by atoms with Gasteiger partial charge in [-0.2, -0.15) is 0 Å². The van der Waals surface area contributed by atoms with Crippen molar-refractivity contribution in [2.24, 2.45) is 0 Å². The first-order valence-corrected chi connectivity index (χ1v) is 10.9. The predicted octanol–water partition coefficient (Wildman–Crippen LogP) is 4.86. The van der Waals surface area contributed by atoms with E-state index in [1.807, 2.05) is 41.0 Å². The summed E-state index contributed by atoms with van der Waals surface area (Å²) in [5, 5.41) is 12.1. The fourth-order valence-corrected chi connectivity index (χ4v) is 3.94. The van der Waals surface area contributed by atoms with Gasteiger partial charge >= 0.3 is 0 Å². The van der Waals surface area contributed by atoms with Gasteiger partial charge in [0.05, 0.1) is 19.9 Å². The molecule has 9 heteroatoms. The number of anilines is 1. The Morgan fingerprint density at radius 1 is 1.16 bits per heavy atom. The van der Waals surface area contributed by atoms with Gasteiger partial charge < -0.3 is 14.5 Å². The Balaban J connectivity index is 1.47. The SMILES string of the molecule is COc1cccc(-c2nnc(SCCC(=O)Nc3ccc(F)cc3)n2Cc2ccco2)c1. The Hall–Kier alpha value is -3.59. The highest BCUT2D eigenvalue weighted by atomic mass is 32.2. The zero-order valence-electron chi connectivity index (χ0n) is 17.3. The summed E-state index contributed by atoms with van der Waals surface area (Å²) in [4.78, 5) is 12.2. The summed E-state index contributed by atoms with van der Waals surface area (Å²) in [7, 11) is 1.62. The van der Waals surface area contributed by atoms with Crippen molar-refractivity contribution in [3.8, 4) is 17.1 Å². The van der Waals surface area contributed by atoms with Crippen LogP contribution >= 0.6 is 11.8 Å². The molecular formula is C23H21FN4O3S. The second-order valence-corrected chi connectivity index (χ2v) is 7.92. The molecule has 2 aromatic heterocycles. The van der Waals surface area contributed by atoms with Crippen molar-refractivity contribution in [1.82, 2.24) is 14.8 Å². The van der Waals surface area contributed by atoms with Crippen LogP contribution in [0, 0.1) is 5.82 Å². The minimum Gasteiger partial charge on any atom is -0.497 e. The van der Waals surface area contributed by atoms with Crippen LogP contribution in [0.1, 0.15) is 12.2 Å². The molecule has 2 heterocycles. The number of halogens is 1. The van der Waals surface area contributed by atoms with Crippen LogP contribution in [0.5, 0.6) is 5.75 Å². The number of nitrogens with zero attached hydrogens (tertiary/aromatic N) is 3. The minimum absolute atomic E-state index is 0.158. The molecule has 1 amide bonds. The molecule has 2 aromatic carbocycles. The van der Waals surface area contributed by atoms with Crippen molar-refractivity contribution < 1.29 is 18.3 Å². The van der Waals surface area contributed by atoms with Crippen molar-refractivity contribution in [2.75, 3.05) is 18.2 Å². The van der Waals surface area contributed by atoms with Gasteiger partial charge in [0.15, 0.2) is 11.0 Å². The smallest absolute Gasteiger partial charge is 0.225 e. The number of carbonyl (C=O) groups is 1. The van der Waals surface area contributed by atoms with E-state index in [4.69, 9.17) is 9.15 Å². The van der Waals surface area contributed by atoms with Gasteiger partial charge in [-0.1, -0.05) is 23.9 Å². The van der Waals surface area contributed by atoms with Crippen LogP contribution in [0.4, 0.5) is 10.1 Å². The minimum atomic E-state index is -0.346. The van der Waals surface area contributed by atoms with Gasteiger partial charge in [0.25, 0.3) is 0 Å². The van der Waals surface area contributed by atoms with Crippen molar-refractivity contribution in [2.45, 2.75) is 18.1 Å². The number of rotatable bonds is 9. The first-order chi connectivity index (χ1) is 15.6. The maximum absolute atomic E-state index is 13.0. The second kappa shape index (κ2) is 10.1. The van der Waals surface area contributed by atoms with Gasteiger partial charge in [-0.15, -0.1) is 10.2 Å². The van der Waals surface area contributed by atoms with E-state index in [0.29, 0.717) is 29.0 Å². The number of furan rings is 1. The number of carbonyl (C=O) groups excluding carboxylic acids is 1. The Labute approximate surface area is 188 Å². The monoisotopic (exact) mass is 452 g/mol. The van der Waals surface area contributed by atoms with Gasteiger partial charge in [0.1, 0.15) is 17.3 Å². The Morgan fingerprint density at radius 2 is 2.00 bits per heavy atom. The van der Waals surface area contributed by atoms with Crippen molar-refractivity contribution in [3.63, 3.8) is 0 Å². The first kappa shape index (κ1) is 21.6. The molecule has 0 radical (unpaired) electrons. The van der Waals surface area contributed by atoms with E-state index in [-0.39, 0.29) is 18.1 Å². The summed E-state index contributed by atoms with van der Waals surface area (Å²) in [6, 6.07) is 17.0. The number of thioether (sulfide) groups is 1. The zero-order valence-corrected chi connectivity index (χ0v) is 18.1. The summed E-state index contributed by atoms with van der Waals surface area (Å²) in [5.74, 6) is 2.17. The molecule has 7 nitrogen and oxygen atoms in total. The molecule has 0 bridgehead atoms. The molecule has 0 spiro atoms. The van der Waals surface area contributed by atoms with Gasteiger partial charge in [-0.3, -0.25) is 9.36 Å². The van der Waals surface area contributed by atoms with Crippen LogP contribution in [0.2, 0.25) is 0 Å². The molecule has 0 aliphatic carbocycles. The van der Waals surface area contributed by atoms with Gasteiger partial charge in [-0.05, 0) is 48.5 Å². The van der Waals surface area contributed by atoms with Gasteiger partial charge in [0.2, 0.25) is 5.91 Å². The maximum atomic E-state index is 13.0. The molecule has 0 fully saturated rings. The van der Waals surface area contributed by atoms with Crippen LogP contribution in [0.25, 0.3) is 11.4 Å². The quantitative estimate of drug-likeness (QED) is 0.366. The molecule has 0 saturated heterocycles. The predicted molar refractivity (Wildman–Crippen MR) is 120 cm³/mol. The topological polar surface area (TPSA) is 82.2 Å². The molecule has 32 heavy (non-hydrogen) atoms. The van der Waals surface area contributed by atoms with Gasteiger partial charge in [-0.25, -0.2) is 4.39 Å². The number of hydrogen-bond donors (Lipinski definition) is 1. The van der Waals surface area contributed by atoms with Crippen LogP contribution < -0.4 is 10.1 Å². The Morgan fingerprint density at radius 3 is 2.75 bits per heavy atom. The number of hydrogen-bond acceptors (Lipinski definition) is 6. The van der Waals surface area contributed by atoms with Crippen LogP contribution in [-0.2, 0) is 11.3 Å². The molecule has 0 aliphatic rings. The summed E-state index contributed by atoms with van der Waals surface area (Å²) in [6.07, 6.45) is 1.89. The van der Waals surface area contributed by atoms with Crippen molar-refractivity contribution in [3.05, 3.63) is 78.5 Å². The number of amides is 1. The third kappa shape index (κ3) is 5.36. The maximum Gasteiger partial charge on any atom is 0.225 e. The van der Waals surface area contributed by atoms with Crippen molar-refractivity contribution in [1.29, 1.82) is 0 Å². The second-order valence-electron chi connectivity index (χ2n) is 6.86. The van der Waals surface area contributed by atoms with Crippen LogP contribution in [0.15, 0.2) is 76.5 Å². The lowest BCUT2D eigenvalue weighted by Crippen LogP contribution is -2.12. The number of benzene rings is 2.